The fourth-order valence-electron chi connectivity index (χ4n) is 2.10. The van der Waals surface area contributed by atoms with Crippen LogP contribution >= 0.6 is 23.2 Å². The Balaban J connectivity index is 2.30. The van der Waals surface area contributed by atoms with E-state index in [4.69, 9.17) is 23.2 Å². The summed E-state index contributed by atoms with van der Waals surface area (Å²) in [5.41, 5.74) is 0.988. The monoisotopic (exact) mass is 330 g/mol. The molecule has 0 saturated carbocycles. The van der Waals surface area contributed by atoms with Crippen LogP contribution in [0.3, 0.4) is 0 Å². The molecule has 112 valence electrons. The number of nitrogens with zero attached hydrogens (tertiary/aromatic N) is 1. The maximum atomic E-state index is 13.8. The second kappa shape index (κ2) is 7.16. The Labute approximate surface area is 132 Å². The third-order valence-corrected chi connectivity index (χ3v) is 3.57. The Bertz CT molecular complexity index is 635. The minimum absolute atomic E-state index is 0.278. The fraction of sp³-hybridized carbons (Fsp3) is 0.267. The molecular formula is C15H14Cl2F2N2. The highest BCUT2D eigenvalue weighted by Gasteiger charge is 2.18. The second-order valence-corrected chi connectivity index (χ2v) is 5.41. The summed E-state index contributed by atoms with van der Waals surface area (Å²) in [6.45, 7) is 2.59. The normalized spacial score (nSPS) is 12.4. The molecule has 21 heavy (non-hydrogen) atoms. The molecule has 0 aliphatic carbocycles. The van der Waals surface area contributed by atoms with Gasteiger partial charge in [0.2, 0.25) is 0 Å². The van der Waals surface area contributed by atoms with Gasteiger partial charge in [-0.15, -0.1) is 0 Å². The number of hydrogen-bond donors (Lipinski definition) is 1. The summed E-state index contributed by atoms with van der Waals surface area (Å²) in [5, 5.41) is 4.05. The van der Waals surface area contributed by atoms with Gasteiger partial charge in [-0.2, -0.15) is 0 Å². The molecule has 0 amide bonds. The minimum Gasteiger partial charge on any atom is -0.309 e. The zero-order chi connectivity index (χ0) is 15.4. The molecule has 0 spiro atoms. The van der Waals surface area contributed by atoms with Gasteiger partial charge in [0.1, 0.15) is 11.6 Å². The van der Waals surface area contributed by atoms with Crippen molar-refractivity contribution < 1.29 is 8.78 Å². The molecule has 0 saturated heterocycles. The van der Waals surface area contributed by atoms with Gasteiger partial charge in [-0.05, 0) is 30.7 Å². The van der Waals surface area contributed by atoms with Crippen LogP contribution in [0.25, 0.3) is 0 Å². The van der Waals surface area contributed by atoms with Crippen molar-refractivity contribution in [3.63, 3.8) is 0 Å². The number of rotatable bonds is 5. The lowest BCUT2D eigenvalue weighted by Gasteiger charge is -2.19. The first-order chi connectivity index (χ1) is 10.0. The molecule has 0 fully saturated rings. The molecule has 2 nitrogen and oxygen atoms in total. The summed E-state index contributed by atoms with van der Waals surface area (Å²) in [5.74, 6) is -1.18. The van der Waals surface area contributed by atoms with Crippen LogP contribution in [-0.2, 0) is 6.42 Å². The maximum absolute atomic E-state index is 13.8. The SMILES string of the molecule is CCNC(Cc1ccc(F)cc1F)c1ncc(Cl)cc1Cl. The van der Waals surface area contributed by atoms with Crippen molar-refractivity contribution in [3.8, 4) is 0 Å². The van der Waals surface area contributed by atoms with E-state index in [0.29, 0.717) is 34.3 Å². The zero-order valence-electron chi connectivity index (χ0n) is 11.3. The van der Waals surface area contributed by atoms with E-state index in [1.165, 1.54) is 18.3 Å². The second-order valence-electron chi connectivity index (χ2n) is 4.57. The average Bonchev–Trinajstić information content (AvgIpc) is 2.41. The summed E-state index contributed by atoms with van der Waals surface area (Å²) in [4.78, 5) is 4.22. The summed E-state index contributed by atoms with van der Waals surface area (Å²) in [7, 11) is 0. The Kier molecular flexibility index (Phi) is 5.51. The van der Waals surface area contributed by atoms with Crippen molar-refractivity contribution >= 4 is 23.2 Å². The van der Waals surface area contributed by atoms with E-state index in [2.05, 4.69) is 10.3 Å². The number of halogens is 4. The predicted molar refractivity (Wildman–Crippen MR) is 80.7 cm³/mol. The number of hydrogen-bond acceptors (Lipinski definition) is 2. The molecule has 0 radical (unpaired) electrons. The number of nitrogens with one attached hydrogen (secondary N) is 1. The summed E-state index contributed by atoms with van der Waals surface area (Å²) >= 11 is 12.0. The minimum atomic E-state index is -0.598. The summed E-state index contributed by atoms with van der Waals surface area (Å²) in [6, 6.07) is 4.85. The summed E-state index contributed by atoms with van der Waals surface area (Å²) in [6.07, 6.45) is 1.81. The largest absolute Gasteiger partial charge is 0.309 e. The molecule has 1 aromatic heterocycles. The molecule has 1 heterocycles. The quantitative estimate of drug-likeness (QED) is 0.869. The predicted octanol–water partition coefficient (Wildman–Crippen LogP) is 4.56. The molecule has 2 aromatic rings. The van der Waals surface area contributed by atoms with Gasteiger partial charge < -0.3 is 5.32 Å². The highest BCUT2D eigenvalue weighted by Crippen LogP contribution is 2.27. The van der Waals surface area contributed by atoms with Crippen molar-refractivity contribution in [2.45, 2.75) is 19.4 Å². The van der Waals surface area contributed by atoms with Crippen molar-refractivity contribution in [2.24, 2.45) is 0 Å². The molecule has 0 bridgehead atoms. The van der Waals surface area contributed by atoms with Gasteiger partial charge in [-0.1, -0.05) is 36.2 Å². The smallest absolute Gasteiger partial charge is 0.129 e. The van der Waals surface area contributed by atoms with E-state index >= 15 is 0 Å². The fourth-order valence-corrected chi connectivity index (χ4v) is 2.61. The molecule has 2 rings (SSSR count). The van der Waals surface area contributed by atoms with Crippen LogP contribution in [0.15, 0.2) is 30.5 Å². The van der Waals surface area contributed by atoms with E-state index in [-0.39, 0.29) is 6.04 Å². The van der Waals surface area contributed by atoms with Crippen molar-refractivity contribution in [3.05, 3.63) is 63.4 Å². The van der Waals surface area contributed by atoms with Crippen molar-refractivity contribution in [2.75, 3.05) is 6.54 Å². The average molecular weight is 331 g/mol. The van der Waals surface area contributed by atoms with Crippen LogP contribution in [0.4, 0.5) is 8.78 Å². The van der Waals surface area contributed by atoms with Gasteiger partial charge in [0.25, 0.3) is 0 Å². The first-order valence-corrected chi connectivity index (χ1v) is 7.25. The van der Waals surface area contributed by atoms with Crippen LogP contribution in [0.5, 0.6) is 0 Å². The number of benzene rings is 1. The third-order valence-electron chi connectivity index (χ3n) is 3.06. The Morgan fingerprint density at radius 3 is 2.62 bits per heavy atom. The molecule has 0 aliphatic heterocycles. The van der Waals surface area contributed by atoms with Crippen molar-refractivity contribution in [1.82, 2.24) is 10.3 Å². The molecule has 1 aromatic carbocycles. The van der Waals surface area contributed by atoms with Gasteiger partial charge in [0.15, 0.2) is 0 Å². The maximum Gasteiger partial charge on any atom is 0.129 e. The van der Waals surface area contributed by atoms with Gasteiger partial charge in [0, 0.05) is 12.3 Å². The van der Waals surface area contributed by atoms with Gasteiger partial charge in [-0.25, -0.2) is 8.78 Å². The Morgan fingerprint density at radius 1 is 1.24 bits per heavy atom. The highest BCUT2D eigenvalue weighted by molar-refractivity contribution is 6.34. The lowest BCUT2D eigenvalue weighted by Crippen LogP contribution is -2.24. The van der Waals surface area contributed by atoms with Crippen LogP contribution in [-0.4, -0.2) is 11.5 Å². The van der Waals surface area contributed by atoms with E-state index in [9.17, 15) is 8.78 Å². The van der Waals surface area contributed by atoms with E-state index in [1.807, 2.05) is 6.92 Å². The molecular weight excluding hydrogens is 317 g/mol. The van der Waals surface area contributed by atoms with E-state index < -0.39 is 11.6 Å². The van der Waals surface area contributed by atoms with Gasteiger partial charge in [0.05, 0.1) is 21.8 Å². The lowest BCUT2D eigenvalue weighted by molar-refractivity contribution is 0.512. The Morgan fingerprint density at radius 2 is 2.00 bits per heavy atom. The van der Waals surface area contributed by atoms with Gasteiger partial charge >= 0.3 is 0 Å². The molecule has 1 unspecified atom stereocenters. The van der Waals surface area contributed by atoms with Crippen LogP contribution in [0, 0.1) is 11.6 Å². The number of pyridine rings is 1. The Hall–Kier alpha value is -1.23. The topological polar surface area (TPSA) is 24.9 Å². The molecule has 1 atom stereocenters. The van der Waals surface area contributed by atoms with Gasteiger partial charge in [-0.3, -0.25) is 4.98 Å². The van der Waals surface area contributed by atoms with Crippen LogP contribution in [0.1, 0.15) is 24.2 Å². The molecule has 6 heteroatoms. The van der Waals surface area contributed by atoms with E-state index in [0.717, 1.165) is 6.07 Å². The first-order valence-electron chi connectivity index (χ1n) is 6.49. The zero-order valence-corrected chi connectivity index (χ0v) is 12.8. The first kappa shape index (κ1) is 16.1. The molecule has 1 N–H and O–H groups in total. The standard InChI is InChI=1S/C15H14Cl2F2N2/c1-2-20-14(15-12(17)6-10(16)8-21-15)5-9-3-4-11(18)7-13(9)19/h3-4,6-8,14,20H,2,5H2,1H3. The number of aromatic nitrogens is 1. The summed E-state index contributed by atoms with van der Waals surface area (Å²) < 4.78 is 26.7. The lowest BCUT2D eigenvalue weighted by atomic mass is 10.0. The molecule has 0 aliphatic rings. The van der Waals surface area contributed by atoms with Crippen LogP contribution in [0.2, 0.25) is 10.0 Å². The van der Waals surface area contributed by atoms with E-state index in [1.54, 1.807) is 6.07 Å². The van der Waals surface area contributed by atoms with Crippen LogP contribution < -0.4 is 5.32 Å². The highest BCUT2D eigenvalue weighted by atomic mass is 35.5. The third kappa shape index (κ3) is 4.13. The number of likely N-dealkylation sites (N-methyl/N-ethyl adjacent to an activating group) is 1. The van der Waals surface area contributed by atoms with Crippen molar-refractivity contribution in [1.29, 1.82) is 0 Å².